The molecule has 0 saturated carbocycles. The van der Waals surface area contributed by atoms with Gasteiger partial charge in [-0.3, -0.25) is 4.90 Å². The van der Waals surface area contributed by atoms with Crippen LogP contribution in [0.5, 0.6) is 0 Å². The quantitative estimate of drug-likeness (QED) is 0.867. The normalized spacial score (nSPS) is 17.3. The van der Waals surface area contributed by atoms with Crippen LogP contribution in [0.15, 0.2) is 35.9 Å². The van der Waals surface area contributed by atoms with Crippen LogP contribution in [0.25, 0.3) is 0 Å². The molecule has 1 aliphatic rings. The minimum absolute atomic E-state index is 0.723. The molecule has 4 nitrogen and oxygen atoms in total. The number of aliphatic carboxylic acids is 1. The van der Waals surface area contributed by atoms with E-state index in [9.17, 15) is 4.79 Å². The van der Waals surface area contributed by atoms with Crippen molar-refractivity contribution in [1.29, 1.82) is 0 Å². The van der Waals surface area contributed by atoms with Crippen LogP contribution in [0.2, 0.25) is 5.02 Å². The van der Waals surface area contributed by atoms with Crippen LogP contribution in [-0.4, -0.2) is 48.7 Å². The maximum absolute atomic E-state index is 10.6. The van der Waals surface area contributed by atoms with E-state index in [1.165, 1.54) is 11.8 Å². The number of carbonyl (C=O) groups is 1. The van der Waals surface area contributed by atoms with Crippen molar-refractivity contribution in [3.8, 4) is 0 Å². The van der Waals surface area contributed by atoms with Gasteiger partial charge < -0.3 is 10.0 Å². The van der Waals surface area contributed by atoms with Crippen LogP contribution < -0.4 is 4.90 Å². The van der Waals surface area contributed by atoms with Crippen LogP contribution in [0.1, 0.15) is 6.92 Å². The van der Waals surface area contributed by atoms with Gasteiger partial charge in [-0.25, -0.2) is 4.79 Å². The van der Waals surface area contributed by atoms with Crippen LogP contribution >= 0.6 is 11.6 Å². The van der Waals surface area contributed by atoms with Crippen molar-refractivity contribution < 1.29 is 9.90 Å². The minimum Gasteiger partial charge on any atom is -0.478 e. The summed E-state index contributed by atoms with van der Waals surface area (Å²) in [5, 5.41) is 9.46. The van der Waals surface area contributed by atoms with E-state index in [1.54, 1.807) is 0 Å². The molecule has 0 bridgehead atoms. The van der Waals surface area contributed by atoms with Crippen LogP contribution in [-0.2, 0) is 4.79 Å². The molecule has 108 valence electrons. The first-order valence-corrected chi connectivity index (χ1v) is 7.05. The maximum atomic E-state index is 10.6. The Morgan fingerprint density at radius 2 is 1.85 bits per heavy atom. The Balaban J connectivity index is 1.86. The molecule has 2 rings (SSSR count). The summed E-state index contributed by atoms with van der Waals surface area (Å²) in [6.07, 6.45) is 1.28. The third kappa shape index (κ3) is 4.25. The average Bonchev–Trinajstić information content (AvgIpc) is 2.39. The Morgan fingerprint density at radius 3 is 2.40 bits per heavy atom. The fourth-order valence-electron chi connectivity index (χ4n) is 2.43. The third-order valence-electron chi connectivity index (χ3n) is 3.41. The smallest absolute Gasteiger partial charge is 0.328 e. The number of carboxylic acid groups (broad SMARTS) is 1. The molecule has 1 aliphatic heterocycles. The zero-order valence-corrected chi connectivity index (χ0v) is 12.3. The highest BCUT2D eigenvalue weighted by Crippen LogP contribution is 2.19. The molecule has 1 aromatic rings. The Bertz CT molecular complexity index is 491. The van der Waals surface area contributed by atoms with Crippen molar-refractivity contribution in [2.24, 2.45) is 0 Å². The van der Waals surface area contributed by atoms with E-state index in [0.717, 1.165) is 43.3 Å². The van der Waals surface area contributed by atoms with E-state index in [1.807, 2.05) is 31.2 Å². The molecule has 1 heterocycles. The fraction of sp³-hybridized carbons (Fsp3) is 0.400. The summed E-state index contributed by atoms with van der Waals surface area (Å²) >= 11 is 5.89. The van der Waals surface area contributed by atoms with E-state index >= 15 is 0 Å². The van der Waals surface area contributed by atoms with Crippen molar-refractivity contribution >= 4 is 23.3 Å². The summed E-state index contributed by atoms with van der Waals surface area (Å²) < 4.78 is 0. The first kappa shape index (κ1) is 14.9. The first-order valence-electron chi connectivity index (χ1n) is 6.67. The zero-order valence-electron chi connectivity index (χ0n) is 11.6. The number of hydrogen-bond acceptors (Lipinski definition) is 3. The second-order valence-corrected chi connectivity index (χ2v) is 5.50. The Morgan fingerprint density at radius 1 is 1.25 bits per heavy atom. The molecule has 1 fully saturated rings. The Hall–Kier alpha value is -1.52. The topological polar surface area (TPSA) is 43.8 Å². The second-order valence-electron chi connectivity index (χ2n) is 5.07. The number of anilines is 1. The summed E-state index contributed by atoms with van der Waals surface area (Å²) in [4.78, 5) is 15.2. The van der Waals surface area contributed by atoms with Crippen molar-refractivity contribution in [3.63, 3.8) is 0 Å². The summed E-state index contributed by atoms with van der Waals surface area (Å²) in [6, 6.07) is 7.88. The van der Waals surface area contributed by atoms with E-state index in [0.29, 0.717) is 0 Å². The van der Waals surface area contributed by atoms with Gasteiger partial charge in [0.1, 0.15) is 0 Å². The molecule has 0 aliphatic carbocycles. The Labute approximate surface area is 124 Å². The number of hydrogen-bond donors (Lipinski definition) is 1. The lowest BCUT2D eigenvalue weighted by Gasteiger charge is -2.36. The van der Waals surface area contributed by atoms with Crippen LogP contribution in [0.3, 0.4) is 0 Å². The molecule has 0 atom stereocenters. The van der Waals surface area contributed by atoms with Gasteiger partial charge in [-0.15, -0.1) is 0 Å². The van der Waals surface area contributed by atoms with Crippen molar-refractivity contribution in [2.75, 3.05) is 37.6 Å². The second kappa shape index (κ2) is 6.77. The molecule has 0 amide bonds. The van der Waals surface area contributed by atoms with Gasteiger partial charge in [0.2, 0.25) is 0 Å². The molecule has 1 saturated heterocycles. The van der Waals surface area contributed by atoms with Gasteiger partial charge in [0.15, 0.2) is 0 Å². The molecule has 0 radical (unpaired) electrons. The monoisotopic (exact) mass is 294 g/mol. The number of piperazine rings is 1. The molecule has 0 spiro atoms. The number of carboxylic acids is 1. The number of rotatable bonds is 4. The Kier molecular flexibility index (Phi) is 5.04. The van der Waals surface area contributed by atoms with Crippen LogP contribution in [0, 0.1) is 0 Å². The highest BCUT2D eigenvalue weighted by Gasteiger charge is 2.17. The highest BCUT2D eigenvalue weighted by molar-refractivity contribution is 6.30. The van der Waals surface area contributed by atoms with Crippen LogP contribution in [0.4, 0.5) is 5.69 Å². The molecule has 0 aromatic heterocycles. The first-order chi connectivity index (χ1) is 9.54. The van der Waals surface area contributed by atoms with Gasteiger partial charge in [-0.1, -0.05) is 17.2 Å². The zero-order chi connectivity index (χ0) is 14.5. The SMILES string of the molecule is CC(=CC(=O)O)CN1CCN(c2ccc(Cl)cc2)CC1. The summed E-state index contributed by atoms with van der Waals surface area (Å²) in [7, 11) is 0. The van der Waals surface area contributed by atoms with E-state index in [-0.39, 0.29) is 0 Å². The van der Waals surface area contributed by atoms with Crippen molar-refractivity contribution in [1.82, 2.24) is 4.90 Å². The molecule has 20 heavy (non-hydrogen) atoms. The molecule has 5 heteroatoms. The van der Waals surface area contributed by atoms with Gasteiger partial charge in [-0.2, -0.15) is 0 Å². The van der Waals surface area contributed by atoms with E-state index < -0.39 is 5.97 Å². The lowest BCUT2D eigenvalue weighted by molar-refractivity contribution is -0.131. The van der Waals surface area contributed by atoms with Gasteiger partial charge in [0, 0.05) is 49.5 Å². The lowest BCUT2D eigenvalue weighted by atomic mass is 10.2. The summed E-state index contributed by atoms with van der Waals surface area (Å²) in [5.74, 6) is -0.873. The molecular weight excluding hydrogens is 276 g/mol. The van der Waals surface area contributed by atoms with Crippen molar-refractivity contribution in [3.05, 3.63) is 40.9 Å². The molecule has 1 aromatic carbocycles. The van der Waals surface area contributed by atoms with E-state index in [4.69, 9.17) is 16.7 Å². The molecule has 1 N–H and O–H groups in total. The molecule has 0 unspecified atom stereocenters. The van der Waals surface area contributed by atoms with Gasteiger partial charge in [-0.05, 0) is 31.2 Å². The average molecular weight is 295 g/mol. The summed E-state index contributed by atoms with van der Waals surface area (Å²) in [5.41, 5.74) is 2.07. The fourth-order valence-corrected chi connectivity index (χ4v) is 2.55. The largest absolute Gasteiger partial charge is 0.478 e. The predicted octanol–water partition coefficient (Wildman–Crippen LogP) is 2.49. The maximum Gasteiger partial charge on any atom is 0.328 e. The summed E-state index contributed by atoms with van der Waals surface area (Å²) in [6.45, 7) is 6.35. The number of nitrogens with zero attached hydrogens (tertiary/aromatic N) is 2. The predicted molar refractivity (Wildman–Crippen MR) is 81.5 cm³/mol. The third-order valence-corrected chi connectivity index (χ3v) is 3.66. The van der Waals surface area contributed by atoms with Gasteiger partial charge >= 0.3 is 5.97 Å². The van der Waals surface area contributed by atoms with E-state index in [2.05, 4.69) is 9.80 Å². The van der Waals surface area contributed by atoms with Gasteiger partial charge in [0.25, 0.3) is 0 Å². The number of halogens is 1. The minimum atomic E-state index is -0.873. The number of benzene rings is 1. The van der Waals surface area contributed by atoms with Crippen molar-refractivity contribution in [2.45, 2.75) is 6.92 Å². The highest BCUT2D eigenvalue weighted by atomic mass is 35.5. The lowest BCUT2D eigenvalue weighted by Crippen LogP contribution is -2.46. The van der Waals surface area contributed by atoms with Gasteiger partial charge in [0.05, 0.1) is 0 Å². The molecular formula is C15H19ClN2O2. The standard InChI is InChI=1S/C15H19ClN2O2/c1-12(10-15(19)20)11-17-6-8-18(9-7-17)14-4-2-13(16)3-5-14/h2-5,10H,6-9,11H2,1H3,(H,19,20).